The van der Waals surface area contributed by atoms with Crippen molar-refractivity contribution < 1.29 is 9.53 Å². The fourth-order valence-electron chi connectivity index (χ4n) is 3.57. The van der Waals surface area contributed by atoms with Gasteiger partial charge in [0, 0.05) is 43.6 Å². The Bertz CT molecular complexity index is 763. The molecule has 2 aromatic rings. The van der Waals surface area contributed by atoms with Crippen LogP contribution in [0.25, 0.3) is 0 Å². The van der Waals surface area contributed by atoms with E-state index in [0.717, 1.165) is 37.9 Å². The van der Waals surface area contributed by atoms with Gasteiger partial charge in [-0.1, -0.05) is 12.1 Å². The molecule has 1 aliphatic carbocycles. The summed E-state index contributed by atoms with van der Waals surface area (Å²) in [5.74, 6) is 0.420. The number of rotatable bonds is 5. The second kappa shape index (κ2) is 7.38. The van der Waals surface area contributed by atoms with Gasteiger partial charge in [0.05, 0.1) is 12.7 Å². The number of benzene rings is 2. The number of carbonyl (C=O) groups excluding carboxylic acids is 1. The summed E-state index contributed by atoms with van der Waals surface area (Å²) in [6.07, 6.45) is 2.75. The second-order valence-corrected chi connectivity index (χ2v) is 6.96. The standard InChI is InChI=1S/C21H25N3O2/c1-26-20-5-3-2-4-19(20)21(25)22-16-6-8-17(9-7-16)23-12-14-24(15-13-23)18-10-11-18/h2-9,18H,10-15H2,1H3,(H,22,25). The Balaban J connectivity index is 1.37. The molecule has 2 aromatic carbocycles. The van der Waals surface area contributed by atoms with E-state index in [0.29, 0.717) is 11.3 Å². The molecular formula is C21H25N3O2. The van der Waals surface area contributed by atoms with E-state index in [-0.39, 0.29) is 5.91 Å². The third-order valence-corrected chi connectivity index (χ3v) is 5.22. The van der Waals surface area contributed by atoms with Gasteiger partial charge in [-0.15, -0.1) is 0 Å². The van der Waals surface area contributed by atoms with Crippen LogP contribution in [0.3, 0.4) is 0 Å². The molecule has 2 fully saturated rings. The molecule has 1 saturated carbocycles. The Hall–Kier alpha value is -2.53. The highest BCUT2D eigenvalue weighted by molar-refractivity contribution is 6.06. The fourth-order valence-corrected chi connectivity index (χ4v) is 3.57. The van der Waals surface area contributed by atoms with Crippen molar-refractivity contribution in [3.8, 4) is 5.75 Å². The van der Waals surface area contributed by atoms with Gasteiger partial charge < -0.3 is 15.0 Å². The molecular weight excluding hydrogens is 326 g/mol. The first-order chi connectivity index (χ1) is 12.7. The van der Waals surface area contributed by atoms with Crippen LogP contribution >= 0.6 is 0 Å². The molecule has 4 rings (SSSR count). The molecule has 136 valence electrons. The number of ether oxygens (including phenoxy) is 1. The summed E-state index contributed by atoms with van der Waals surface area (Å²) in [6, 6.07) is 16.2. The number of piperazine rings is 1. The molecule has 1 heterocycles. The van der Waals surface area contributed by atoms with Gasteiger partial charge in [0.15, 0.2) is 0 Å². The molecule has 2 aliphatic rings. The molecule has 5 heteroatoms. The summed E-state index contributed by atoms with van der Waals surface area (Å²) < 4.78 is 5.26. The predicted octanol–water partition coefficient (Wildman–Crippen LogP) is 3.23. The zero-order valence-electron chi connectivity index (χ0n) is 15.1. The first-order valence-electron chi connectivity index (χ1n) is 9.28. The van der Waals surface area contributed by atoms with Crippen LogP contribution in [0.5, 0.6) is 5.75 Å². The van der Waals surface area contributed by atoms with Crippen molar-refractivity contribution in [2.45, 2.75) is 18.9 Å². The Morgan fingerprint density at radius 3 is 2.35 bits per heavy atom. The van der Waals surface area contributed by atoms with Gasteiger partial charge >= 0.3 is 0 Å². The lowest BCUT2D eigenvalue weighted by Gasteiger charge is -2.36. The van der Waals surface area contributed by atoms with Crippen molar-refractivity contribution in [2.75, 3.05) is 43.5 Å². The van der Waals surface area contributed by atoms with Gasteiger partial charge in [0.25, 0.3) is 5.91 Å². The number of carbonyl (C=O) groups is 1. The Morgan fingerprint density at radius 2 is 1.69 bits per heavy atom. The van der Waals surface area contributed by atoms with Crippen LogP contribution in [0.2, 0.25) is 0 Å². The minimum absolute atomic E-state index is 0.159. The van der Waals surface area contributed by atoms with Gasteiger partial charge in [-0.3, -0.25) is 9.69 Å². The van der Waals surface area contributed by atoms with Gasteiger partial charge in [0.2, 0.25) is 0 Å². The van der Waals surface area contributed by atoms with E-state index >= 15 is 0 Å². The van der Waals surface area contributed by atoms with Gasteiger partial charge in [0.1, 0.15) is 5.75 Å². The summed E-state index contributed by atoms with van der Waals surface area (Å²) >= 11 is 0. The average Bonchev–Trinajstić information content (AvgIpc) is 3.54. The number of hydrogen-bond donors (Lipinski definition) is 1. The van der Waals surface area contributed by atoms with Crippen molar-refractivity contribution in [1.82, 2.24) is 4.90 Å². The number of amides is 1. The molecule has 1 amide bonds. The topological polar surface area (TPSA) is 44.8 Å². The van der Waals surface area contributed by atoms with Gasteiger partial charge in [-0.05, 0) is 49.2 Å². The normalized spacial score (nSPS) is 17.8. The average molecular weight is 351 g/mol. The highest BCUT2D eigenvalue weighted by Crippen LogP contribution is 2.29. The maximum atomic E-state index is 12.5. The van der Waals surface area contributed by atoms with Crippen LogP contribution < -0.4 is 15.0 Å². The summed E-state index contributed by atoms with van der Waals surface area (Å²) in [5.41, 5.74) is 2.55. The van der Waals surface area contributed by atoms with Crippen LogP contribution in [0.4, 0.5) is 11.4 Å². The first kappa shape index (κ1) is 16.9. The molecule has 1 saturated heterocycles. The maximum absolute atomic E-state index is 12.5. The zero-order chi connectivity index (χ0) is 17.9. The zero-order valence-corrected chi connectivity index (χ0v) is 15.1. The summed E-state index contributed by atoms with van der Waals surface area (Å²) in [4.78, 5) is 17.5. The van der Waals surface area contributed by atoms with Gasteiger partial charge in [-0.25, -0.2) is 0 Å². The molecule has 0 radical (unpaired) electrons. The van der Waals surface area contributed by atoms with E-state index < -0.39 is 0 Å². The lowest BCUT2D eigenvalue weighted by molar-refractivity contribution is 0.102. The van der Waals surface area contributed by atoms with Crippen LogP contribution in [0.15, 0.2) is 48.5 Å². The lowest BCUT2D eigenvalue weighted by Crippen LogP contribution is -2.47. The molecule has 1 N–H and O–H groups in total. The Morgan fingerprint density at radius 1 is 1.00 bits per heavy atom. The molecule has 0 unspecified atom stereocenters. The van der Waals surface area contributed by atoms with E-state index in [1.54, 1.807) is 19.2 Å². The Kier molecular flexibility index (Phi) is 4.80. The van der Waals surface area contributed by atoms with Crippen LogP contribution in [-0.2, 0) is 0 Å². The largest absolute Gasteiger partial charge is 0.496 e. The van der Waals surface area contributed by atoms with Crippen molar-refractivity contribution in [1.29, 1.82) is 0 Å². The van der Waals surface area contributed by atoms with Crippen molar-refractivity contribution in [2.24, 2.45) is 0 Å². The maximum Gasteiger partial charge on any atom is 0.259 e. The summed E-state index contributed by atoms with van der Waals surface area (Å²) in [5, 5.41) is 2.95. The van der Waals surface area contributed by atoms with E-state index in [1.165, 1.54) is 18.5 Å². The third-order valence-electron chi connectivity index (χ3n) is 5.22. The SMILES string of the molecule is COc1ccccc1C(=O)Nc1ccc(N2CCN(C3CC3)CC2)cc1. The van der Waals surface area contributed by atoms with Crippen LogP contribution in [-0.4, -0.2) is 50.1 Å². The molecule has 0 atom stereocenters. The van der Waals surface area contributed by atoms with Gasteiger partial charge in [-0.2, -0.15) is 0 Å². The van der Waals surface area contributed by atoms with E-state index in [4.69, 9.17) is 4.74 Å². The number of para-hydroxylation sites is 1. The van der Waals surface area contributed by atoms with Crippen molar-refractivity contribution in [3.63, 3.8) is 0 Å². The minimum Gasteiger partial charge on any atom is -0.496 e. The monoisotopic (exact) mass is 351 g/mol. The van der Waals surface area contributed by atoms with Crippen molar-refractivity contribution >= 4 is 17.3 Å². The first-order valence-corrected chi connectivity index (χ1v) is 9.28. The van der Waals surface area contributed by atoms with Crippen LogP contribution in [0.1, 0.15) is 23.2 Å². The molecule has 1 aliphatic heterocycles. The highest BCUT2D eigenvalue weighted by Gasteiger charge is 2.31. The number of nitrogens with zero attached hydrogens (tertiary/aromatic N) is 2. The molecule has 26 heavy (non-hydrogen) atoms. The molecule has 5 nitrogen and oxygen atoms in total. The van der Waals surface area contributed by atoms with E-state index in [9.17, 15) is 4.79 Å². The number of anilines is 2. The molecule has 0 aromatic heterocycles. The minimum atomic E-state index is -0.159. The summed E-state index contributed by atoms with van der Waals surface area (Å²) in [6.45, 7) is 4.45. The molecule has 0 spiro atoms. The quantitative estimate of drug-likeness (QED) is 0.898. The smallest absolute Gasteiger partial charge is 0.259 e. The fraction of sp³-hybridized carbons (Fsp3) is 0.381. The second-order valence-electron chi connectivity index (χ2n) is 6.96. The third kappa shape index (κ3) is 3.68. The number of nitrogens with one attached hydrogen (secondary N) is 1. The Labute approximate surface area is 154 Å². The van der Waals surface area contributed by atoms with E-state index in [2.05, 4.69) is 27.2 Å². The summed E-state index contributed by atoms with van der Waals surface area (Å²) in [7, 11) is 1.57. The number of methoxy groups -OCH3 is 1. The lowest BCUT2D eigenvalue weighted by atomic mass is 10.1. The van der Waals surface area contributed by atoms with Crippen LogP contribution in [0, 0.1) is 0 Å². The number of hydrogen-bond acceptors (Lipinski definition) is 4. The highest BCUT2D eigenvalue weighted by atomic mass is 16.5. The van der Waals surface area contributed by atoms with E-state index in [1.807, 2.05) is 24.3 Å². The predicted molar refractivity (Wildman–Crippen MR) is 104 cm³/mol. The molecule has 0 bridgehead atoms. The van der Waals surface area contributed by atoms with Crippen molar-refractivity contribution in [3.05, 3.63) is 54.1 Å².